The van der Waals surface area contributed by atoms with E-state index in [9.17, 15) is 9.59 Å². The van der Waals surface area contributed by atoms with Crippen LogP contribution in [0.15, 0.2) is 36.7 Å². The predicted octanol–water partition coefficient (Wildman–Crippen LogP) is 4.18. The molecule has 2 aromatic rings. The molecule has 0 amide bonds. The summed E-state index contributed by atoms with van der Waals surface area (Å²) >= 11 is 0. The number of ketones is 2. The minimum atomic E-state index is 0.0146. The molecule has 4 heteroatoms. The van der Waals surface area contributed by atoms with E-state index >= 15 is 0 Å². The predicted molar refractivity (Wildman–Crippen MR) is 94.3 cm³/mol. The highest BCUT2D eigenvalue weighted by molar-refractivity contribution is 6.04. The van der Waals surface area contributed by atoms with Crippen molar-refractivity contribution in [2.45, 2.75) is 38.5 Å². The van der Waals surface area contributed by atoms with Crippen LogP contribution in [0.1, 0.15) is 70.4 Å². The van der Waals surface area contributed by atoms with Gasteiger partial charge in [-0.25, -0.2) is 0 Å². The summed E-state index contributed by atoms with van der Waals surface area (Å²) in [7, 11) is 0. The molecule has 1 fully saturated rings. The van der Waals surface area contributed by atoms with E-state index < -0.39 is 0 Å². The number of rotatable bonds is 6. The van der Waals surface area contributed by atoms with Gasteiger partial charge in [0.15, 0.2) is 11.6 Å². The molecule has 1 unspecified atom stereocenters. The van der Waals surface area contributed by atoms with Gasteiger partial charge >= 0.3 is 0 Å². The number of nitrogens with zero attached hydrogens (tertiary/aromatic N) is 1. The third-order valence-electron chi connectivity index (χ3n) is 5.09. The van der Waals surface area contributed by atoms with Gasteiger partial charge in [0.2, 0.25) is 0 Å². The Morgan fingerprint density at radius 3 is 2.76 bits per heavy atom. The average molecular weight is 335 g/mol. The van der Waals surface area contributed by atoms with Crippen LogP contribution in [-0.4, -0.2) is 23.2 Å². The van der Waals surface area contributed by atoms with E-state index in [1.165, 1.54) is 0 Å². The van der Waals surface area contributed by atoms with Gasteiger partial charge in [0, 0.05) is 42.3 Å². The molecule has 1 aliphatic carbocycles. The number of hydrogen-bond donors (Lipinski definition) is 0. The SMILES string of the molecule is CCC(=O)c1cc(C(=O)CC2CC2)cc2c1OCC2c1cccnc1. The Bertz CT molecular complexity index is 825. The first kappa shape index (κ1) is 16.0. The summed E-state index contributed by atoms with van der Waals surface area (Å²) in [6.07, 6.45) is 6.81. The maximum Gasteiger partial charge on any atom is 0.166 e. The molecule has 0 saturated heterocycles. The lowest BCUT2D eigenvalue weighted by Crippen LogP contribution is -2.07. The Kier molecular flexibility index (Phi) is 4.12. The van der Waals surface area contributed by atoms with E-state index in [2.05, 4.69) is 4.98 Å². The molecule has 2 aliphatic rings. The molecule has 1 aromatic heterocycles. The van der Waals surface area contributed by atoms with Crippen molar-refractivity contribution in [3.05, 3.63) is 58.9 Å². The second-order valence-electron chi connectivity index (χ2n) is 6.94. The molecule has 0 spiro atoms. The van der Waals surface area contributed by atoms with Crippen molar-refractivity contribution in [2.75, 3.05) is 6.61 Å². The smallest absolute Gasteiger partial charge is 0.166 e. The molecule has 1 atom stereocenters. The topological polar surface area (TPSA) is 56.3 Å². The van der Waals surface area contributed by atoms with E-state index in [0.717, 1.165) is 24.0 Å². The fourth-order valence-corrected chi connectivity index (χ4v) is 3.45. The van der Waals surface area contributed by atoms with Crippen LogP contribution >= 0.6 is 0 Å². The van der Waals surface area contributed by atoms with E-state index in [1.807, 2.05) is 31.3 Å². The zero-order valence-corrected chi connectivity index (χ0v) is 14.3. The summed E-state index contributed by atoms with van der Waals surface area (Å²) in [5.74, 6) is 1.33. The Labute approximate surface area is 147 Å². The average Bonchev–Trinajstić information content (AvgIpc) is 3.36. The highest BCUT2D eigenvalue weighted by Gasteiger charge is 2.32. The summed E-state index contributed by atoms with van der Waals surface area (Å²) in [5, 5.41) is 0. The molecule has 0 radical (unpaired) electrons. The van der Waals surface area contributed by atoms with E-state index in [4.69, 9.17) is 4.74 Å². The standard InChI is InChI=1S/C21H21NO3/c1-2-19(23)17-10-15(20(24)8-13-5-6-13)9-16-18(12-25-21(16)17)14-4-3-7-22-11-14/h3-4,7,9-11,13,18H,2,5-6,8,12H2,1H3. The molecule has 4 rings (SSSR count). The Morgan fingerprint density at radius 1 is 1.24 bits per heavy atom. The lowest BCUT2D eigenvalue weighted by molar-refractivity contribution is 0.0976. The number of hydrogen-bond acceptors (Lipinski definition) is 4. The Hall–Kier alpha value is -2.49. The van der Waals surface area contributed by atoms with Gasteiger partial charge in [-0.05, 0) is 42.5 Å². The van der Waals surface area contributed by atoms with Crippen LogP contribution in [0.4, 0.5) is 0 Å². The van der Waals surface area contributed by atoms with Crippen molar-refractivity contribution in [1.82, 2.24) is 4.98 Å². The molecule has 0 N–H and O–H groups in total. The van der Waals surface area contributed by atoms with Crippen molar-refractivity contribution < 1.29 is 14.3 Å². The Morgan fingerprint density at radius 2 is 2.08 bits per heavy atom. The van der Waals surface area contributed by atoms with Crippen LogP contribution in [0.2, 0.25) is 0 Å². The molecule has 1 aliphatic heterocycles. The second-order valence-corrected chi connectivity index (χ2v) is 6.94. The van der Waals surface area contributed by atoms with Crippen LogP contribution in [-0.2, 0) is 0 Å². The third kappa shape index (κ3) is 3.09. The number of aromatic nitrogens is 1. The maximum absolute atomic E-state index is 12.6. The van der Waals surface area contributed by atoms with Crippen LogP contribution in [0.5, 0.6) is 5.75 Å². The van der Waals surface area contributed by atoms with Gasteiger partial charge in [-0.15, -0.1) is 0 Å². The van der Waals surface area contributed by atoms with Gasteiger partial charge in [-0.3, -0.25) is 14.6 Å². The summed E-state index contributed by atoms with van der Waals surface area (Å²) in [6, 6.07) is 7.57. The van der Waals surface area contributed by atoms with Crippen LogP contribution in [0.25, 0.3) is 0 Å². The molecule has 4 nitrogen and oxygen atoms in total. The first-order valence-electron chi connectivity index (χ1n) is 8.94. The Balaban J connectivity index is 1.78. The molecule has 2 heterocycles. The van der Waals surface area contributed by atoms with Gasteiger partial charge in [-0.1, -0.05) is 13.0 Å². The van der Waals surface area contributed by atoms with Crippen LogP contribution in [0.3, 0.4) is 0 Å². The summed E-state index contributed by atoms with van der Waals surface area (Å²) in [6.45, 7) is 2.31. The quantitative estimate of drug-likeness (QED) is 0.743. The first-order valence-corrected chi connectivity index (χ1v) is 8.94. The minimum Gasteiger partial charge on any atom is -0.492 e. The number of Topliss-reactive ketones (excluding diaryl/α,β-unsaturated/α-hetero) is 2. The minimum absolute atomic E-state index is 0.0146. The van der Waals surface area contributed by atoms with E-state index in [-0.39, 0.29) is 17.5 Å². The lowest BCUT2D eigenvalue weighted by Gasteiger charge is -2.12. The fourth-order valence-electron chi connectivity index (χ4n) is 3.45. The van der Waals surface area contributed by atoms with Crippen molar-refractivity contribution in [2.24, 2.45) is 5.92 Å². The maximum atomic E-state index is 12.6. The number of benzene rings is 1. The summed E-state index contributed by atoms with van der Waals surface area (Å²) in [5.41, 5.74) is 3.17. The van der Waals surface area contributed by atoms with Gasteiger partial charge in [0.1, 0.15) is 5.75 Å². The van der Waals surface area contributed by atoms with Gasteiger partial charge < -0.3 is 4.74 Å². The number of ether oxygens (including phenoxy) is 1. The van der Waals surface area contributed by atoms with E-state index in [1.54, 1.807) is 12.3 Å². The molecule has 0 bridgehead atoms. The third-order valence-corrected chi connectivity index (χ3v) is 5.09. The van der Waals surface area contributed by atoms with E-state index in [0.29, 0.717) is 42.2 Å². The largest absolute Gasteiger partial charge is 0.492 e. The lowest BCUT2D eigenvalue weighted by atomic mass is 9.89. The zero-order chi connectivity index (χ0) is 17.4. The highest BCUT2D eigenvalue weighted by atomic mass is 16.5. The van der Waals surface area contributed by atoms with Gasteiger partial charge in [0.05, 0.1) is 12.2 Å². The number of pyridine rings is 1. The van der Waals surface area contributed by atoms with Crippen LogP contribution in [0, 0.1) is 5.92 Å². The normalized spacial score (nSPS) is 18.5. The summed E-state index contributed by atoms with van der Waals surface area (Å²) in [4.78, 5) is 29.3. The monoisotopic (exact) mass is 335 g/mol. The molecule has 128 valence electrons. The first-order chi connectivity index (χ1) is 12.2. The molecule has 1 saturated carbocycles. The fraction of sp³-hybridized carbons (Fsp3) is 0.381. The summed E-state index contributed by atoms with van der Waals surface area (Å²) < 4.78 is 5.89. The molecular weight excluding hydrogens is 314 g/mol. The van der Waals surface area contributed by atoms with Crippen molar-refractivity contribution in [3.8, 4) is 5.75 Å². The molecular formula is C21H21NO3. The van der Waals surface area contributed by atoms with Gasteiger partial charge in [-0.2, -0.15) is 0 Å². The van der Waals surface area contributed by atoms with Crippen molar-refractivity contribution >= 4 is 11.6 Å². The number of carbonyl (C=O) groups is 2. The number of fused-ring (bicyclic) bond motifs is 1. The van der Waals surface area contributed by atoms with Crippen molar-refractivity contribution in [1.29, 1.82) is 0 Å². The highest BCUT2D eigenvalue weighted by Crippen LogP contribution is 2.42. The molecule has 25 heavy (non-hydrogen) atoms. The number of carbonyl (C=O) groups excluding carboxylic acids is 2. The second kappa shape index (κ2) is 6.43. The van der Waals surface area contributed by atoms with Crippen LogP contribution < -0.4 is 4.74 Å². The van der Waals surface area contributed by atoms with Gasteiger partial charge in [0.25, 0.3) is 0 Å². The van der Waals surface area contributed by atoms with Crippen molar-refractivity contribution in [3.63, 3.8) is 0 Å². The zero-order valence-electron chi connectivity index (χ0n) is 14.3. The molecule has 1 aromatic carbocycles.